The highest BCUT2D eigenvalue weighted by atomic mass is 19.1. The number of amides is 1. The summed E-state index contributed by atoms with van der Waals surface area (Å²) in [6, 6.07) is 6.17. The summed E-state index contributed by atoms with van der Waals surface area (Å²) in [6.45, 7) is 2.11. The highest BCUT2D eigenvalue weighted by Gasteiger charge is 2.09. The van der Waals surface area contributed by atoms with E-state index in [1.165, 1.54) is 12.1 Å². The Morgan fingerprint density at radius 2 is 2.22 bits per heavy atom. The summed E-state index contributed by atoms with van der Waals surface area (Å²) in [4.78, 5) is 11.6. The van der Waals surface area contributed by atoms with Gasteiger partial charge in [-0.05, 0) is 18.6 Å². The van der Waals surface area contributed by atoms with Gasteiger partial charge in [-0.3, -0.25) is 4.79 Å². The Hall–Kier alpha value is -1.86. The molecule has 96 valence electrons. The van der Waals surface area contributed by atoms with Gasteiger partial charge in [0.1, 0.15) is 5.82 Å². The molecule has 2 N–H and O–H groups in total. The Balaban J connectivity index is 2.43. The summed E-state index contributed by atoms with van der Waals surface area (Å²) in [5.41, 5.74) is 0.189. The second kappa shape index (κ2) is 7.46. The van der Waals surface area contributed by atoms with E-state index in [0.29, 0.717) is 6.42 Å². The van der Waals surface area contributed by atoms with Crippen molar-refractivity contribution in [1.29, 1.82) is 0 Å². The Bertz CT molecular complexity index is 440. The Kier molecular flexibility index (Phi) is 5.89. The van der Waals surface area contributed by atoms with Gasteiger partial charge >= 0.3 is 0 Å². The maximum absolute atomic E-state index is 13.3. The van der Waals surface area contributed by atoms with Crippen molar-refractivity contribution in [2.45, 2.75) is 25.8 Å². The molecule has 0 fully saturated rings. The largest absolute Gasteiger partial charge is 0.322 e. The Morgan fingerprint density at radius 1 is 1.50 bits per heavy atom. The van der Waals surface area contributed by atoms with Gasteiger partial charge in [0.2, 0.25) is 5.91 Å². The van der Waals surface area contributed by atoms with Crippen molar-refractivity contribution in [2.24, 2.45) is 0 Å². The third kappa shape index (κ3) is 4.56. The average molecular weight is 248 g/mol. The van der Waals surface area contributed by atoms with Crippen molar-refractivity contribution < 1.29 is 9.18 Å². The predicted molar refractivity (Wildman–Crippen MR) is 70.6 cm³/mol. The zero-order valence-corrected chi connectivity index (χ0v) is 10.4. The quantitative estimate of drug-likeness (QED) is 0.757. The van der Waals surface area contributed by atoms with Crippen LogP contribution < -0.4 is 10.6 Å². The second-order valence-electron chi connectivity index (χ2n) is 3.92. The Labute approximate surface area is 107 Å². The maximum atomic E-state index is 13.3. The first kappa shape index (κ1) is 14.2. The molecule has 0 saturated heterocycles. The van der Waals surface area contributed by atoms with Gasteiger partial charge < -0.3 is 10.6 Å². The van der Waals surface area contributed by atoms with E-state index >= 15 is 0 Å². The standard InChI is InChI=1S/C14H17FN2O/c1-3-7-11(4-2)16-10-14(18)17-13-9-6-5-8-12(13)15/h1,5-6,8-9,11,16H,4,7,10H2,2H3,(H,17,18). The molecule has 4 heteroatoms. The molecule has 0 bridgehead atoms. The van der Waals surface area contributed by atoms with Crippen molar-refractivity contribution in [3.05, 3.63) is 30.1 Å². The van der Waals surface area contributed by atoms with Gasteiger partial charge in [-0.25, -0.2) is 4.39 Å². The smallest absolute Gasteiger partial charge is 0.238 e. The highest BCUT2D eigenvalue weighted by molar-refractivity contribution is 5.92. The monoisotopic (exact) mass is 248 g/mol. The summed E-state index contributed by atoms with van der Waals surface area (Å²) in [7, 11) is 0. The second-order valence-corrected chi connectivity index (χ2v) is 3.92. The summed E-state index contributed by atoms with van der Waals surface area (Å²) in [5, 5.41) is 5.54. The molecule has 0 saturated carbocycles. The van der Waals surface area contributed by atoms with E-state index in [2.05, 4.69) is 16.6 Å². The minimum atomic E-state index is -0.443. The van der Waals surface area contributed by atoms with Crippen LogP contribution in [0.5, 0.6) is 0 Å². The van der Waals surface area contributed by atoms with Crippen LogP contribution in [0.25, 0.3) is 0 Å². The van der Waals surface area contributed by atoms with E-state index in [1.54, 1.807) is 12.1 Å². The summed E-state index contributed by atoms with van der Waals surface area (Å²) < 4.78 is 13.3. The molecule has 1 aromatic rings. The number of carbonyl (C=O) groups excluding carboxylic acids is 1. The van der Waals surface area contributed by atoms with Crippen molar-refractivity contribution >= 4 is 11.6 Å². The van der Waals surface area contributed by atoms with E-state index < -0.39 is 5.82 Å². The number of halogens is 1. The van der Waals surface area contributed by atoms with Gasteiger partial charge in [0, 0.05) is 12.5 Å². The molecule has 1 unspecified atom stereocenters. The van der Waals surface area contributed by atoms with Crippen LogP contribution in [0.3, 0.4) is 0 Å². The molecule has 3 nitrogen and oxygen atoms in total. The van der Waals surface area contributed by atoms with Crippen molar-refractivity contribution in [1.82, 2.24) is 5.32 Å². The number of nitrogens with one attached hydrogen (secondary N) is 2. The van der Waals surface area contributed by atoms with Crippen LogP contribution in [0.4, 0.5) is 10.1 Å². The van der Waals surface area contributed by atoms with E-state index in [0.717, 1.165) is 6.42 Å². The predicted octanol–water partition coefficient (Wildman–Crippen LogP) is 2.16. The number of para-hydroxylation sites is 1. The normalized spacial score (nSPS) is 11.6. The van der Waals surface area contributed by atoms with Crippen LogP contribution >= 0.6 is 0 Å². The number of carbonyl (C=O) groups is 1. The molecule has 1 amide bonds. The van der Waals surface area contributed by atoms with Gasteiger partial charge in [-0.15, -0.1) is 12.3 Å². The lowest BCUT2D eigenvalue weighted by Gasteiger charge is -2.14. The lowest BCUT2D eigenvalue weighted by Crippen LogP contribution is -2.35. The Morgan fingerprint density at radius 3 is 2.83 bits per heavy atom. The lowest BCUT2D eigenvalue weighted by atomic mass is 10.1. The van der Waals surface area contributed by atoms with Gasteiger partial charge in [0.05, 0.1) is 12.2 Å². The number of anilines is 1. The zero-order valence-electron chi connectivity index (χ0n) is 10.4. The summed E-state index contributed by atoms with van der Waals surface area (Å²) in [5.74, 6) is 1.82. The molecule has 0 heterocycles. The molecule has 18 heavy (non-hydrogen) atoms. The fourth-order valence-corrected chi connectivity index (χ4v) is 1.50. The number of benzene rings is 1. The van der Waals surface area contributed by atoms with Gasteiger partial charge in [0.15, 0.2) is 0 Å². The molecule has 0 aliphatic carbocycles. The third-order valence-electron chi connectivity index (χ3n) is 2.56. The lowest BCUT2D eigenvalue weighted by molar-refractivity contribution is -0.115. The number of rotatable bonds is 6. The first-order valence-corrected chi connectivity index (χ1v) is 5.88. The van der Waals surface area contributed by atoms with Crippen LogP contribution in [0.15, 0.2) is 24.3 Å². The number of hydrogen-bond acceptors (Lipinski definition) is 2. The first-order chi connectivity index (χ1) is 8.67. The molecule has 0 aliphatic rings. The molecule has 1 aromatic carbocycles. The molecular weight excluding hydrogens is 231 g/mol. The highest BCUT2D eigenvalue weighted by Crippen LogP contribution is 2.11. The van der Waals surface area contributed by atoms with Gasteiger partial charge in [-0.2, -0.15) is 0 Å². The van der Waals surface area contributed by atoms with Crippen LogP contribution in [-0.2, 0) is 4.79 Å². The molecule has 0 aliphatic heterocycles. The molecule has 1 rings (SSSR count). The molecule has 1 atom stereocenters. The van der Waals surface area contributed by atoms with Crippen LogP contribution in [0.2, 0.25) is 0 Å². The van der Waals surface area contributed by atoms with Crippen LogP contribution in [0.1, 0.15) is 19.8 Å². The van der Waals surface area contributed by atoms with Gasteiger partial charge in [0.25, 0.3) is 0 Å². The number of hydrogen-bond donors (Lipinski definition) is 2. The number of terminal acetylenes is 1. The third-order valence-corrected chi connectivity index (χ3v) is 2.56. The van der Waals surface area contributed by atoms with E-state index in [4.69, 9.17) is 6.42 Å². The molecule has 0 radical (unpaired) electrons. The van der Waals surface area contributed by atoms with Crippen LogP contribution in [0, 0.1) is 18.2 Å². The maximum Gasteiger partial charge on any atom is 0.238 e. The van der Waals surface area contributed by atoms with E-state index in [-0.39, 0.29) is 24.2 Å². The molecule has 0 aromatic heterocycles. The summed E-state index contributed by atoms with van der Waals surface area (Å²) >= 11 is 0. The molecular formula is C14H17FN2O. The SMILES string of the molecule is C#CCC(CC)NCC(=O)Nc1ccccc1F. The fourth-order valence-electron chi connectivity index (χ4n) is 1.50. The molecule has 0 spiro atoms. The van der Waals surface area contributed by atoms with Crippen molar-refractivity contribution in [3.8, 4) is 12.3 Å². The van der Waals surface area contributed by atoms with Crippen LogP contribution in [-0.4, -0.2) is 18.5 Å². The average Bonchev–Trinajstić information content (AvgIpc) is 2.37. The zero-order chi connectivity index (χ0) is 13.4. The van der Waals surface area contributed by atoms with Gasteiger partial charge in [-0.1, -0.05) is 19.1 Å². The van der Waals surface area contributed by atoms with E-state index in [9.17, 15) is 9.18 Å². The summed E-state index contributed by atoms with van der Waals surface area (Å²) in [6.07, 6.45) is 6.63. The first-order valence-electron chi connectivity index (χ1n) is 5.88. The van der Waals surface area contributed by atoms with E-state index in [1.807, 2.05) is 6.92 Å². The minimum Gasteiger partial charge on any atom is -0.322 e. The van der Waals surface area contributed by atoms with Crippen molar-refractivity contribution in [2.75, 3.05) is 11.9 Å². The fraction of sp³-hybridized carbons (Fsp3) is 0.357. The minimum absolute atomic E-state index is 0.112. The van der Waals surface area contributed by atoms with Crippen molar-refractivity contribution in [3.63, 3.8) is 0 Å². The topological polar surface area (TPSA) is 41.1 Å².